The van der Waals surface area contributed by atoms with Crippen LogP contribution in [0.25, 0.3) is 0 Å². The Hall–Kier alpha value is -1.55. The Bertz CT molecular complexity index is 413. The van der Waals surface area contributed by atoms with Crippen LogP contribution < -0.4 is 0 Å². The molecule has 0 saturated heterocycles. The van der Waals surface area contributed by atoms with Gasteiger partial charge in [0.25, 0.3) is 0 Å². The number of rotatable bonds is 5. The van der Waals surface area contributed by atoms with Gasteiger partial charge >= 0.3 is 6.09 Å². The molecule has 1 unspecified atom stereocenters. The van der Waals surface area contributed by atoms with Crippen LogP contribution in [-0.4, -0.2) is 34.8 Å². The minimum Gasteiger partial charge on any atom is -0.445 e. The normalized spacial score (nSPS) is 16.9. The first kappa shape index (κ1) is 14.9. The third-order valence-electron chi connectivity index (χ3n) is 3.67. The Morgan fingerprint density at radius 3 is 2.60 bits per heavy atom. The van der Waals surface area contributed by atoms with Gasteiger partial charge in [0.05, 0.1) is 6.10 Å². The Morgan fingerprint density at radius 1 is 1.35 bits per heavy atom. The molecule has 0 heterocycles. The van der Waals surface area contributed by atoms with Gasteiger partial charge in [-0.1, -0.05) is 43.2 Å². The summed E-state index contributed by atoms with van der Waals surface area (Å²) < 4.78 is 5.38. The molecular formula is C16H23NO3. The van der Waals surface area contributed by atoms with Gasteiger partial charge in [0.15, 0.2) is 0 Å². The molecule has 1 aromatic rings. The molecule has 0 aliphatic heterocycles. The Kier molecular flexibility index (Phi) is 5.41. The lowest BCUT2D eigenvalue weighted by atomic mass is 10.2. The molecule has 2 rings (SSSR count). The predicted octanol–water partition coefficient (Wildman–Crippen LogP) is 2.95. The van der Waals surface area contributed by atoms with E-state index in [2.05, 4.69) is 0 Å². The lowest BCUT2D eigenvalue weighted by Crippen LogP contribution is -2.43. The fourth-order valence-electron chi connectivity index (χ4n) is 2.68. The second-order valence-electron chi connectivity index (χ2n) is 5.48. The van der Waals surface area contributed by atoms with Gasteiger partial charge in [0.1, 0.15) is 6.61 Å². The van der Waals surface area contributed by atoms with E-state index in [0.29, 0.717) is 6.54 Å². The number of hydrogen-bond acceptors (Lipinski definition) is 3. The highest BCUT2D eigenvalue weighted by Gasteiger charge is 2.28. The van der Waals surface area contributed by atoms with Gasteiger partial charge in [0.2, 0.25) is 0 Å². The summed E-state index contributed by atoms with van der Waals surface area (Å²) in [4.78, 5) is 13.9. The van der Waals surface area contributed by atoms with Gasteiger partial charge in [-0.2, -0.15) is 0 Å². The average molecular weight is 277 g/mol. The van der Waals surface area contributed by atoms with Crippen LogP contribution in [0.2, 0.25) is 0 Å². The van der Waals surface area contributed by atoms with Gasteiger partial charge in [0, 0.05) is 12.6 Å². The summed E-state index contributed by atoms with van der Waals surface area (Å²) in [7, 11) is 0. The van der Waals surface area contributed by atoms with E-state index in [9.17, 15) is 9.90 Å². The fraction of sp³-hybridized carbons (Fsp3) is 0.562. The number of carbonyl (C=O) groups is 1. The zero-order valence-electron chi connectivity index (χ0n) is 12.0. The second-order valence-corrected chi connectivity index (χ2v) is 5.48. The summed E-state index contributed by atoms with van der Waals surface area (Å²) in [5.41, 5.74) is 0.976. The molecule has 0 spiro atoms. The Morgan fingerprint density at radius 2 is 2.00 bits per heavy atom. The molecular weight excluding hydrogens is 254 g/mol. The highest BCUT2D eigenvalue weighted by atomic mass is 16.6. The number of aliphatic hydroxyl groups is 1. The minimum atomic E-state index is -0.528. The van der Waals surface area contributed by atoms with E-state index in [-0.39, 0.29) is 18.7 Å². The molecule has 1 amide bonds. The van der Waals surface area contributed by atoms with Crippen LogP contribution in [0.4, 0.5) is 4.79 Å². The quantitative estimate of drug-likeness (QED) is 0.900. The molecule has 1 fully saturated rings. The monoisotopic (exact) mass is 277 g/mol. The average Bonchev–Trinajstić information content (AvgIpc) is 2.97. The topological polar surface area (TPSA) is 49.8 Å². The van der Waals surface area contributed by atoms with Crippen LogP contribution >= 0.6 is 0 Å². The number of carbonyl (C=O) groups excluding carboxylic acids is 1. The Balaban J connectivity index is 1.92. The van der Waals surface area contributed by atoms with Crippen molar-refractivity contribution < 1.29 is 14.6 Å². The molecule has 1 aliphatic rings. The molecule has 0 aromatic heterocycles. The molecule has 20 heavy (non-hydrogen) atoms. The van der Waals surface area contributed by atoms with Gasteiger partial charge in [-0.3, -0.25) is 0 Å². The van der Waals surface area contributed by atoms with Crippen LogP contribution in [-0.2, 0) is 11.3 Å². The molecule has 110 valence electrons. The van der Waals surface area contributed by atoms with E-state index in [1.54, 1.807) is 11.8 Å². The van der Waals surface area contributed by atoms with E-state index < -0.39 is 6.10 Å². The smallest absolute Gasteiger partial charge is 0.410 e. The predicted molar refractivity (Wildman–Crippen MR) is 77.3 cm³/mol. The van der Waals surface area contributed by atoms with E-state index in [1.165, 1.54) is 0 Å². The van der Waals surface area contributed by atoms with Gasteiger partial charge in [-0.05, 0) is 25.3 Å². The molecule has 1 saturated carbocycles. The van der Waals surface area contributed by atoms with Crippen molar-refractivity contribution in [2.75, 3.05) is 6.54 Å². The lowest BCUT2D eigenvalue weighted by Gasteiger charge is -2.29. The van der Waals surface area contributed by atoms with Crippen molar-refractivity contribution in [1.29, 1.82) is 0 Å². The first-order valence-corrected chi connectivity index (χ1v) is 7.32. The standard InChI is InChI=1S/C16H23NO3/c1-13(18)11-17(15-9-5-6-10-15)16(19)20-12-14-7-3-2-4-8-14/h2-4,7-8,13,15,18H,5-6,9-12H2,1H3. The third-order valence-corrected chi connectivity index (χ3v) is 3.67. The lowest BCUT2D eigenvalue weighted by molar-refractivity contribution is 0.0566. The number of ether oxygens (including phenoxy) is 1. The fourth-order valence-corrected chi connectivity index (χ4v) is 2.68. The number of nitrogens with zero attached hydrogens (tertiary/aromatic N) is 1. The number of hydrogen-bond donors (Lipinski definition) is 1. The molecule has 0 bridgehead atoms. The maximum atomic E-state index is 12.2. The van der Waals surface area contributed by atoms with Crippen molar-refractivity contribution in [3.05, 3.63) is 35.9 Å². The number of aliphatic hydroxyl groups excluding tert-OH is 1. The minimum absolute atomic E-state index is 0.216. The maximum absolute atomic E-state index is 12.2. The van der Waals surface area contributed by atoms with Gasteiger partial charge in [-0.25, -0.2) is 4.79 Å². The highest BCUT2D eigenvalue weighted by Crippen LogP contribution is 2.24. The van der Waals surface area contributed by atoms with Crippen LogP contribution in [0.15, 0.2) is 30.3 Å². The summed E-state index contributed by atoms with van der Waals surface area (Å²) in [5, 5.41) is 9.57. The SMILES string of the molecule is CC(O)CN(C(=O)OCc1ccccc1)C1CCCC1. The van der Waals surface area contributed by atoms with Crippen molar-refractivity contribution in [1.82, 2.24) is 4.90 Å². The summed E-state index contributed by atoms with van der Waals surface area (Å²) in [6, 6.07) is 9.86. The molecule has 1 atom stereocenters. The zero-order chi connectivity index (χ0) is 14.4. The first-order chi connectivity index (χ1) is 9.66. The molecule has 0 radical (unpaired) electrons. The Labute approximate surface area is 120 Å². The molecule has 4 heteroatoms. The summed E-state index contributed by atoms with van der Waals surface area (Å²) in [6.07, 6.45) is 3.46. The van der Waals surface area contributed by atoms with E-state index in [1.807, 2.05) is 30.3 Å². The summed E-state index contributed by atoms with van der Waals surface area (Å²) in [5.74, 6) is 0. The first-order valence-electron chi connectivity index (χ1n) is 7.32. The van der Waals surface area contributed by atoms with E-state index >= 15 is 0 Å². The van der Waals surface area contributed by atoms with Gasteiger partial charge in [-0.15, -0.1) is 0 Å². The van der Waals surface area contributed by atoms with Crippen molar-refractivity contribution >= 4 is 6.09 Å². The molecule has 1 aromatic carbocycles. The molecule has 4 nitrogen and oxygen atoms in total. The van der Waals surface area contributed by atoms with Crippen molar-refractivity contribution in [3.63, 3.8) is 0 Å². The molecule has 1 aliphatic carbocycles. The highest BCUT2D eigenvalue weighted by molar-refractivity contribution is 5.68. The number of benzene rings is 1. The van der Waals surface area contributed by atoms with E-state index in [4.69, 9.17) is 4.74 Å². The van der Waals surface area contributed by atoms with Crippen molar-refractivity contribution in [3.8, 4) is 0 Å². The van der Waals surface area contributed by atoms with Gasteiger partial charge < -0.3 is 14.7 Å². The van der Waals surface area contributed by atoms with Crippen LogP contribution in [0.3, 0.4) is 0 Å². The summed E-state index contributed by atoms with van der Waals surface area (Å²) in [6.45, 7) is 2.33. The maximum Gasteiger partial charge on any atom is 0.410 e. The van der Waals surface area contributed by atoms with Crippen molar-refractivity contribution in [2.24, 2.45) is 0 Å². The second kappa shape index (κ2) is 7.29. The third kappa shape index (κ3) is 4.23. The summed E-state index contributed by atoms with van der Waals surface area (Å²) >= 11 is 0. The van der Waals surface area contributed by atoms with Crippen LogP contribution in [0.5, 0.6) is 0 Å². The van der Waals surface area contributed by atoms with Crippen LogP contribution in [0.1, 0.15) is 38.2 Å². The molecule has 1 N–H and O–H groups in total. The van der Waals surface area contributed by atoms with E-state index in [0.717, 1.165) is 31.2 Å². The van der Waals surface area contributed by atoms with Crippen molar-refractivity contribution in [2.45, 2.75) is 51.4 Å². The zero-order valence-corrected chi connectivity index (χ0v) is 12.0. The van der Waals surface area contributed by atoms with Crippen LogP contribution in [0, 0.1) is 0 Å². The number of amides is 1. The largest absolute Gasteiger partial charge is 0.445 e.